The maximum Gasteiger partial charge on any atom is 0.163 e. The summed E-state index contributed by atoms with van der Waals surface area (Å²) in [5.74, 6) is -0.281. The Labute approximate surface area is 309 Å². The molecule has 0 amide bonds. The molecule has 1 aliphatic rings. The first-order valence-electron chi connectivity index (χ1n) is 18.5. The number of hydrogen-bond acceptors (Lipinski definition) is 4. The Hall–Kier alpha value is -5.72. The van der Waals surface area contributed by atoms with Gasteiger partial charge in [-0.25, -0.2) is 9.07 Å². The summed E-state index contributed by atoms with van der Waals surface area (Å²) in [4.78, 5) is 18.6. The average molecular weight is 700 g/mol. The normalized spacial score (nSPS) is 17.5. The lowest BCUT2D eigenvalue weighted by molar-refractivity contribution is -0.0164. The molecule has 5 aromatic carbocycles. The molecule has 2 aromatic heterocycles. The molecular formula is C47H42FN3O2. The first kappa shape index (κ1) is 34.4. The third-order valence-corrected chi connectivity index (χ3v) is 10.9. The van der Waals surface area contributed by atoms with Crippen LogP contribution >= 0.6 is 0 Å². The van der Waals surface area contributed by atoms with E-state index in [4.69, 9.17) is 5.10 Å². The van der Waals surface area contributed by atoms with Gasteiger partial charge in [0.05, 0.1) is 11.1 Å². The molecule has 6 heteroatoms. The summed E-state index contributed by atoms with van der Waals surface area (Å²) in [7, 11) is 0. The molecule has 0 radical (unpaired) electrons. The van der Waals surface area contributed by atoms with Crippen LogP contribution in [-0.2, 0) is 12.0 Å². The minimum Gasteiger partial charge on any atom is -0.390 e. The maximum atomic E-state index is 14.5. The van der Waals surface area contributed by atoms with Crippen LogP contribution < -0.4 is 0 Å². The quantitative estimate of drug-likeness (QED) is 0.114. The van der Waals surface area contributed by atoms with Crippen molar-refractivity contribution in [2.24, 2.45) is 5.92 Å². The molecule has 1 fully saturated rings. The number of carbonyl (C=O) groups is 1. The summed E-state index contributed by atoms with van der Waals surface area (Å²) >= 11 is 0. The standard InChI is InChI=1S/C47H42FN3O2/c1-33-28-36(25-27-49-33)45-41-30-35(44(52)29-34-14-13-26-46(53,31-34)32-37-15-11-12-22-42(37)48)23-24-43(41)51(50-45)47(38-16-5-2-6-17-38,39-18-7-3-8-19-39)40-20-9-4-10-21-40/h2-12,15-25,27-28,30,34,53H,13-14,26,29,31-32H2,1H3. The Morgan fingerprint density at radius 1 is 0.830 bits per heavy atom. The van der Waals surface area contributed by atoms with Crippen molar-refractivity contribution in [1.82, 2.24) is 14.8 Å². The lowest BCUT2D eigenvalue weighted by atomic mass is 9.73. The van der Waals surface area contributed by atoms with Gasteiger partial charge in [0, 0.05) is 41.2 Å². The van der Waals surface area contributed by atoms with E-state index in [2.05, 4.69) is 82.5 Å². The van der Waals surface area contributed by atoms with Gasteiger partial charge in [0.2, 0.25) is 0 Å². The van der Waals surface area contributed by atoms with Gasteiger partial charge in [0.25, 0.3) is 0 Å². The SMILES string of the molecule is Cc1cc(-c2nn(C(c3ccccc3)(c3ccccc3)c3ccccc3)c3ccc(C(=O)CC4CCCC(O)(Cc5ccccc5F)C4)cc23)ccn1. The highest BCUT2D eigenvalue weighted by Gasteiger charge is 2.41. The summed E-state index contributed by atoms with van der Waals surface area (Å²) in [5, 5.41) is 18.0. The van der Waals surface area contributed by atoms with Crippen molar-refractivity contribution < 1.29 is 14.3 Å². The van der Waals surface area contributed by atoms with Crippen LogP contribution in [0, 0.1) is 18.7 Å². The van der Waals surface area contributed by atoms with Crippen LogP contribution in [0.1, 0.15) is 70.4 Å². The number of fused-ring (bicyclic) bond motifs is 1. The number of Topliss-reactive ketones (excluding diaryl/α,β-unsaturated/α-hetero) is 1. The molecule has 264 valence electrons. The highest BCUT2D eigenvalue weighted by Crippen LogP contribution is 2.44. The second-order valence-corrected chi connectivity index (χ2v) is 14.6. The van der Waals surface area contributed by atoms with E-state index < -0.39 is 11.1 Å². The molecule has 1 saturated carbocycles. The van der Waals surface area contributed by atoms with E-state index in [1.807, 2.05) is 55.5 Å². The fraction of sp³-hybridized carbons (Fsp3) is 0.213. The second kappa shape index (κ2) is 14.4. The van der Waals surface area contributed by atoms with Crippen LogP contribution in [0.4, 0.5) is 4.39 Å². The van der Waals surface area contributed by atoms with Crippen molar-refractivity contribution >= 4 is 16.7 Å². The Kier molecular flexibility index (Phi) is 9.31. The Balaban J connectivity index is 1.25. The predicted octanol–water partition coefficient (Wildman–Crippen LogP) is 10.1. The summed E-state index contributed by atoms with van der Waals surface area (Å²) < 4.78 is 16.7. The third-order valence-electron chi connectivity index (χ3n) is 10.9. The van der Waals surface area contributed by atoms with Gasteiger partial charge in [-0.1, -0.05) is 116 Å². The van der Waals surface area contributed by atoms with E-state index in [0.29, 0.717) is 30.4 Å². The van der Waals surface area contributed by atoms with Gasteiger partial charge in [0.15, 0.2) is 5.78 Å². The molecule has 2 atom stereocenters. The van der Waals surface area contributed by atoms with Crippen molar-refractivity contribution in [1.29, 1.82) is 0 Å². The van der Waals surface area contributed by atoms with Crippen LogP contribution in [-0.4, -0.2) is 31.3 Å². The minimum atomic E-state index is -1.04. The topological polar surface area (TPSA) is 68.0 Å². The number of aliphatic hydroxyl groups is 1. The number of ketones is 1. The van der Waals surface area contributed by atoms with Gasteiger partial charge in [-0.3, -0.25) is 9.78 Å². The van der Waals surface area contributed by atoms with Crippen LogP contribution in [0.5, 0.6) is 0 Å². The number of carbonyl (C=O) groups excluding carboxylic acids is 1. The van der Waals surface area contributed by atoms with Crippen LogP contribution in [0.3, 0.4) is 0 Å². The Morgan fingerprint density at radius 3 is 2.08 bits per heavy atom. The Morgan fingerprint density at radius 2 is 1.45 bits per heavy atom. The summed E-state index contributed by atoms with van der Waals surface area (Å²) in [6.07, 6.45) is 5.05. The lowest BCUT2D eigenvalue weighted by Gasteiger charge is -2.37. The van der Waals surface area contributed by atoms with Gasteiger partial charge in [-0.2, -0.15) is 5.10 Å². The maximum absolute atomic E-state index is 14.5. The molecule has 1 N–H and O–H groups in total. The first-order valence-corrected chi connectivity index (χ1v) is 18.5. The van der Waals surface area contributed by atoms with Gasteiger partial charge < -0.3 is 5.11 Å². The zero-order valence-electron chi connectivity index (χ0n) is 29.8. The number of hydrogen-bond donors (Lipinski definition) is 1. The molecule has 7 aromatic rings. The number of benzene rings is 5. The molecular weight excluding hydrogens is 658 g/mol. The zero-order valence-corrected chi connectivity index (χ0v) is 29.8. The summed E-state index contributed by atoms with van der Waals surface area (Å²) in [6.45, 7) is 1.97. The van der Waals surface area contributed by atoms with Crippen molar-refractivity contribution in [3.63, 3.8) is 0 Å². The highest BCUT2D eigenvalue weighted by molar-refractivity contribution is 6.03. The minimum absolute atomic E-state index is 0.00403. The van der Waals surface area contributed by atoms with Crippen LogP contribution in [0.2, 0.25) is 0 Å². The number of nitrogens with zero attached hydrogens (tertiary/aromatic N) is 3. The Bertz CT molecular complexity index is 2280. The summed E-state index contributed by atoms with van der Waals surface area (Å²) in [5.41, 5.74) is 5.84. The van der Waals surface area contributed by atoms with Crippen molar-refractivity contribution in [2.75, 3.05) is 0 Å². The molecule has 1 aliphatic carbocycles. The van der Waals surface area contributed by atoms with E-state index in [-0.39, 0.29) is 23.9 Å². The fourth-order valence-electron chi connectivity index (χ4n) is 8.53. The monoisotopic (exact) mass is 699 g/mol. The smallest absolute Gasteiger partial charge is 0.163 e. The van der Waals surface area contributed by atoms with Gasteiger partial charge in [0.1, 0.15) is 17.1 Å². The molecule has 0 spiro atoms. The third kappa shape index (κ3) is 6.60. The van der Waals surface area contributed by atoms with E-state index in [1.54, 1.807) is 24.4 Å². The van der Waals surface area contributed by atoms with Gasteiger partial charge >= 0.3 is 0 Å². The molecule has 0 aliphatic heterocycles. The number of rotatable bonds is 10. The van der Waals surface area contributed by atoms with E-state index in [1.165, 1.54) is 6.07 Å². The zero-order chi connectivity index (χ0) is 36.4. The van der Waals surface area contributed by atoms with Crippen molar-refractivity contribution in [3.05, 3.63) is 191 Å². The van der Waals surface area contributed by atoms with Crippen LogP contribution in [0.15, 0.2) is 152 Å². The van der Waals surface area contributed by atoms with E-state index in [9.17, 15) is 14.3 Å². The number of aryl methyl sites for hydroxylation is 1. The first-order chi connectivity index (χ1) is 25.8. The molecule has 0 saturated heterocycles. The van der Waals surface area contributed by atoms with Gasteiger partial charge in [-0.15, -0.1) is 0 Å². The number of pyridine rings is 1. The highest BCUT2D eigenvalue weighted by atomic mass is 19.1. The van der Waals surface area contributed by atoms with Crippen LogP contribution in [0.25, 0.3) is 22.2 Å². The molecule has 2 unspecified atom stereocenters. The van der Waals surface area contributed by atoms with E-state index in [0.717, 1.165) is 57.4 Å². The lowest BCUT2D eigenvalue weighted by Crippen LogP contribution is -2.38. The molecule has 5 nitrogen and oxygen atoms in total. The van der Waals surface area contributed by atoms with Crippen molar-refractivity contribution in [3.8, 4) is 11.3 Å². The molecule has 2 heterocycles. The fourth-order valence-corrected chi connectivity index (χ4v) is 8.53. The number of aromatic nitrogens is 3. The van der Waals surface area contributed by atoms with Gasteiger partial charge in [-0.05, 0) is 90.8 Å². The van der Waals surface area contributed by atoms with E-state index >= 15 is 0 Å². The van der Waals surface area contributed by atoms with Crippen molar-refractivity contribution in [2.45, 2.75) is 56.6 Å². The second-order valence-electron chi connectivity index (χ2n) is 14.6. The summed E-state index contributed by atoms with van der Waals surface area (Å²) in [6, 6.07) is 48.0. The molecule has 0 bridgehead atoms. The largest absolute Gasteiger partial charge is 0.390 e. The average Bonchev–Trinajstić information content (AvgIpc) is 3.56. The molecule has 8 rings (SSSR count). The molecule has 53 heavy (non-hydrogen) atoms. The number of halogens is 1. The predicted molar refractivity (Wildman–Crippen MR) is 208 cm³/mol.